The van der Waals surface area contributed by atoms with E-state index in [0.29, 0.717) is 6.42 Å². The minimum Gasteiger partial charge on any atom is -0.326 e. The van der Waals surface area contributed by atoms with Crippen LogP contribution >= 0.6 is 0 Å². The minimum absolute atomic E-state index is 0.0291. The number of carbonyl (C=O) groups excluding carboxylic acids is 1. The van der Waals surface area contributed by atoms with Crippen molar-refractivity contribution in [3.63, 3.8) is 0 Å². The summed E-state index contributed by atoms with van der Waals surface area (Å²) >= 11 is 0. The van der Waals surface area contributed by atoms with Crippen molar-refractivity contribution in [2.24, 2.45) is 0 Å². The van der Waals surface area contributed by atoms with Gasteiger partial charge in [0.15, 0.2) is 0 Å². The maximum Gasteiger partial charge on any atom is 0.228 e. The third kappa shape index (κ3) is 1.50. The Bertz CT molecular complexity index is 455. The van der Waals surface area contributed by atoms with Crippen LogP contribution in [0, 0.1) is 11.3 Å². The zero-order chi connectivity index (χ0) is 9.97. The fourth-order valence-electron chi connectivity index (χ4n) is 1.49. The molecule has 0 aliphatic carbocycles. The van der Waals surface area contributed by atoms with Gasteiger partial charge in [-0.1, -0.05) is 6.07 Å². The van der Waals surface area contributed by atoms with Gasteiger partial charge >= 0.3 is 0 Å². The van der Waals surface area contributed by atoms with E-state index in [-0.39, 0.29) is 5.91 Å². The van der Waals surface area contributed by atoms with E-state index < -0.39 is 0 Å². The summed E-state index contributed by atoms with van der Waals surface area (Å²) in [6.07, 6.45) is 3.58. The van der Waals surface area contributed by atoms with E-state index in [4.69, 9.17) is 5.26 Å². The number of hydrogen-bond donors (Lipinski definition) is 1. The number of nitrogens with zero attached hydrogens (tertiary/aromatic N) is 1. The molecule has 0 bridgehead atoms. The fourth-order valence-corrected chi connectivity index (χ4v) is 1.49. The Kier molecular flexibility index (Phi) is 2.04. The molecule has 1 aromatic carbocycles. The van der Waals surface area contributed by atoms with E-state index in [1.807, 2.05) is 24.3 Å². The largest absolute Gasteiger partial charge is 0.326 e. The lowest BCUT2D eigenvalue weighted by Gasteiger charge is -1.98. The predicted octanol–water partition coefficient (Wildman–Crippen LogP) is 1.72. The van der Waals surface area contributed by atoms with Crippen LogP contribution in [0.15, 0.2) is 24.3 Å². The van der Waals surface area contributed by atoms with Crippen LogP contribution in [-0.2, 0) is 11.2 Å². The maximum absolute atomic E-state index is 11.0. The molecule has 3 heteroatoms. The number of rotatable bonds is 1. The topological polar surface area (TPSA) is 52.9 Å². The van der Waals surface area contributed by atoms with Gasteiger partial charge in [-0.3, -0.25) is 4.79 Å². The van der Waals surface area contributed by atoms with Crippen LogP contribution in [0.25, 0.3) is 6.08 Å². The molecule has 0 radical (unpaired) electrons. The first kappa shape index (κ1) is 8.52. The van der Waals surface area contributed by atoms with Crippen molar-refractivity contribution in [2.75, 3.05) is 5.32 Å². The van der Waals surface area contributed by atoms with Crippen molar-refractivity contribution in [1.82, 2.24) is 0 Å². The predicted molar refractivity (Wildman–Crippen MR) is 53.4 cm³/mol. The highest BCUT2D eigenvalue weighted by Crippen LogP contribution is 2.24. The van der Waals surface area contributed by atoms with Crippen LogP contribution in [0.2, 0.25) is 0 Å². The molecule has 0 saturated heterocycles. The number of nitrogens with one attached hydrogen (secondary N) is 1. The number of nitriles is 1. The average Bonchev–Trinajstić information content (AvgIpc) is 2.54. The molecule has 1 N–H and O–H groups in total. The zero-order valence-corrected chi connectivity index (χ0v) is 7.45. The number of allylic oxidation sites excluding steroid dienone is 1. The lowest BCUT2D eigenvalue weighted by molar-refractivity contribution is -0.115. The van der Waals surface area contributed by atoms with E-state index in [2.05, 4.69) is 5.32 Å². The molecule has 2 rings (SSSR count). The Balaban J connectivity index is 2.34. The molecular formula is C11H8N2O. The molecule has 1 amide bonds. The molecule has 0 spiro atoms. The lowest BCUT2D eigenvalue weighted by Crippen LogP contribution is -2.03. The molecule has 1 aliphatic rings. The standard InChI is InChI=1S/C11H8N2O/c12-5-1-2-8-3-4-10-9(6-8)7-11(14)13-10/h1-4,6H,7H2,(H,13,14). The highest BCUT2D eigenvalue weighted by Gasteiger charge is 2.16. The van der Waals surface area contributed by atoms with Gasteiger partial charge < -0.3 is 5.32 Å². The number of amides is 1. The first-order chi connectivity index (χ1) is 6.79. The monoisotopic (exact) mass is 184 g/mol. The van der Waals surface area contributed by atoms with Crippen LogP contribution in [0.5, 0.6) is 0 Å². The third-order valence-corrected chi connectivity index (χ3v) is 2.10. The van der Waals surface area contributed by atoms with E-state index in [1.54, 1.807) is 6.08 Å². The summed E-state index contributed by atoms with van der Waals surface area (Å²) in [4.78, 5) is 11.0. The number of anilines is 1. The summed E-state index contributed by atoms with van der Waals surface area (Å²) < 4.78 is 0. The summed E-state index contributed by atoms with van der Waals surface area (Å²) in [5.74, 6) is 0.0291. The second-order valence-corrected chi connectivity index (χ2v) is 3.10. The first-order valence-electron chi connectivity index (χ1n) is 4.28. The van der Waals surface area contributed by atoms with Crippen molar-refractivity contribution in [3.8, 4) is 6.07 Å². The van der Waals surface area contributed by atoms with Crippen LogP contribution in [0.1, 0.15) is 11.1 Å². The fraction of sp³-hybridized carbons (Fsp3) is 0.0909. The summed E-state index contributed by atoms with van der Waals surface area (Å²) in [5.41, 5.74) is 2.82. The van der Waals surface area contributed by atoms with Gasteiger partial charge in [0.2, 0.25) is 5.91 Å². The highest BCUT2D eigenvalue weighted by atomic mass is 16.1. The van der Waals surface area contributed by atoms with Crippen LogP contribution in [-0.4, -0.2) is 5.91 Å². The normalized spacial score (nSPS) is 13.8. The number of carbonyl (C=O) groups is 1. The molecule has 3 nitrogen and oxygen atoms in total. The molecule has 1 aliphatic heterocycles. The van der Waals surface area contributed by atoms with Gasteiger partial charge in [-0.25, -0.2) is 0 Å². The van der Waals surface area contributed by atoms with E-state index >= 15 is 0 Å². The van der Waals surface area contributed by atoms with Crippen molar-refractivity contribution in [2.45, 2.75) is 6.42 Å². The molecular weight excluding hydrogens is 176 g/mol. The maximum atomic E-state index is 11.0. The Labute approximate surface area is 81.7 Å². The molecule has 0 unspecified atom stereocenters. The van der Waals surface area contributed by atoms with Gasteiger partial charge in [-0.15, -0.1) is 0 Å². The summed E-state index contributed by atoms with van der Waals surface area (Å²) in [6, 6.07) is 7.58. The van der Waals surface area contributed by atoms with Gasteiger partial charge in [0.25, 0.3) is 0 Å². The highest BCUT2D eigenvalue weighted by molar-refractivity contribution is 5.99. The number of hydrogen-bond acceptors (Lipinski definition) is 2. The molecule has 0 atom stereocenters. The van der Waals surface area contributed by atoms with Crippen molar-refractivity contribution in [1.29, 1.82) is 5.26 Å². The minimum atomic E-state index is 0.0291. The quantitative estimate of drug-likeness (QED) is 0.675. The summed E-state index contributed by atoms with van der Waals surface area (Å²) in [7, 11) is 0. The second kappa shape index (κ2) is 3.35. The zero-order valence-electron chi connectivity index (χ0n) is 7.45. The van der Waals surface area contributed by atoms with E-state index in [1.165, 1.54) is 6.08 Å². The van der Waals surface area contributed by atoms with Gasteiger partial charge in [-0.2, -0.15) is 5.26 Å². The average molecular weight is 184 g/mol. The SMILES string of the molecule is N#CC=Cc1ccc2c(c1)CC(=O)N2. The number of fused-ring (bicyclic) bond motifs is 1. The number of benzene rings is 1. The molecule has 1 aromatic rings. The summed E-state index contributed by atoms with van der Waals surface area (Å²) in [6.45, 7) is 0. The molecule has 68 valence electrons. The van der Waals surface area contributed by atoms with Crippen molar-refractivity contribution >= 4 is 17.7 Å². The van der Waals surface area contributed by atoms with Crippen LogP contribution in [0.3, 0.4) is 0 Å². The van der Waals surface area contributed by atoms with Crippen molar-refractivity contribution < 1.29 is 4.79 Å². The van der Waals surface area contributed by atoms with Crippen LogP contribution in [0.4, 0.5) is 5.69 Å². The first-order valence-corrected chi connectivity index (χ1v) is 4.28. The third-order valence-electron chi connectivity index (χ3n) is 2.10. The second-order valence-electron chi connectivity index (χ2n) is 3.10. The van der Waals surface area contributed by atoms with Gasteiger partial charge in [0, 0.05) is 11.8 Å². The Morgan fingerprint density at radius 3 is 3.14 bits per heavy atom. The Morgan fingerprint density at radius 1 is 1.50 bits per heavy atom. The van der Waals surface area contributed by atoms with E-state index in [0.717, 1.165) is 16.8 Å². The molecule has 1 heterocycles. The molecule has 14 heavy (non-hydrogen) atoms. The summed E-state index contributed by atoms with van der Waals surface area (Å²) in [5, 5.41) is 11.1. The van der Waals surface area contributed by atoms with Gasteiger partial charge in [-0.05, 0) is 29.3 Å². The van der Waals surface area contributed by atoms with Crippen LogP contribution < -0.4 is 5.32 Å². The molecule has 0 saturated carbocycles. The lowest BCUT2D eigenvalue weighted by atomic mass is 10.1. The molecule has 0 fully saturated rings. The van der Waals surface area contributed by atoms with Gasteiger partial charge in [0.05, 0.1) is 12.5 Å². The molecule has 0 aromatic heterocycles. The smallest absolute Gasteiger partial charge is 0.228 e. The van der Waals surface area contributed by atoms with Gasteiger partial charge in [0.1, 0.15) is 0 Å². The van der Waals surface area contributed by atoms with Crippen molar-refractivity contribution in [3.05, 3.63) is 35.4 Å². The van der Waals surface area contributed by atoms with E-state index in [9.17, 15) is 4.79 Å². The Hall–Kier alpha value is -2.08. The Morgan fingerprint density at radius 2 is 2.36 bits per heavy atom.